The van der Waals surface area contributed by atoms with Crippen LogP contribution >= 0.6 is 11.8 Å². The van der Waals surface area contributed by atoms with Gasteiger partial charge in [0.05, 0.1) is 11.2 Å². The van der Waals surface area contributed by atoms with E-state index in [0.717, 1.165) is 22.3 Å². The predicted molar refractivity (Wildman–Crippen MR) is 96.7 cm³/mol. The molecule has 1 N–H and O–H groups in total. The van der Waals surface area contributed by atoms with E-state index in [1.165, 1.54) is 4.90 Å². The second kappa shape index (κ2) is 7.29. The Hall–Kier alpha value is -2.33. The van der Waals surface area contributed by atoms with Crippen LogP contribution in [0.1, 0.15) is 6.92 Å². The maximum Gasteiger partial charge on any atom is 0.228 e. The summed E-state index contributed by atoms with van der Waals surface area (Å²) in [4.78, 5) is 18.0. The minimum absolute atomic E-state index is 0.0200. The number of pyridine rings is 1. The largest absolute Gasteiger partial charge is 0.324 e. The van der Waals surface area contributed by atoms with E-state index in [-0.39, 0.29) is 11.8 Å². The first-order valence-corrected chi connectivity index (χ1v) is 8.55. The number of fused-ring (bicyclic) bond motifs is 1. The molecule has 3 aromatic rings. The topological polar surface area (TPSA) is 42.0 Å². The Labute approximate surface area is 140 Å². The summed E-state index contributed by atoms with van der Waals surface area (Å²) in [6.07, 6.45) is 1.74. The van der Waals surface area contributed by atoms with Gasteiger partial charge in [0.1, 0.15) is 0 Å². The average molecular weight is 322 g/mol. The molecule has 0 aliphatic carbocycles. The molecule has 1 atom stereocenters. The molecule has 3 rings (SSSR count). The highest BCUT2D eigenvalue weighted by Crippen LogP contribution is 2.23. The van der Waals surface area contributed by atoms with Crippen molar-refractivity contribution in [2.45, 2.75) is 11.8 Å². The number of benzene rings is 2. The van der Waals surface area contributed by atoms with Crippen LogP contribution in [0.3, 0.4) is 0 Å². The molecule has 0 aliphatic heterocycles. The van der Waals surface area contributed by atoms with Crippen LogP contribution in [-0.4, -0.2) is 16.6 Å². The van der Waals surface area contributed by atoms with Gasteiger partial charge >= 0.3 is 0 Å². The molecule has 116 valence electrons. The molecule has 0 bridgehead atoms. The quantitative estimate of drug-likeness (QED) is 0.698. The Kier molecular flexibility index (Phi) is 4.93. The van der Waals surface area contributed by atoms with Crippen molar-refractivity contribution in [3.63, 3.8) is 0 Å². The number of hydrogen-bond donors (Lipinski definition) is 1. The highest BCUT2D eigenvalue weighted by Gasteiger charge is 2.14. The van der Waals surface area contributed by atoms with E-state index >= 15 is 0 Å². The second-order valence-corrected chi connectivity index (χ2v) is 6.49. The van der Waals surface area contributed by atoms with Crippen LogP contribution in [0.5, 0.6) is 0 Å². The maximum atomic E-state index is 12.4. The first kappa shape index (κ1) is 15.6. The summed E-state index contributed by atoms with van der Waals surface area (Å²) in [7, 11) is 0. The molecule has 2 aromatic carbocycles. The number of thioether (sulfide) groups is 1. The highest BCUT2D eigenvalue weighted by molar-refractivity contribution is 7.99. The lowest BCUT2D eigenvalue weighted by molar-refractivity contribution is -0.118. The molecule has 0 radical (unpaired) electrons. The number of amides is 1. The first-order chi connectivity index (χ1) is 11.2. The van der Waals surface area contributed by atoms with Gasteiger partial charge in [0.25, 0.3) is 0 Å². The Bertz CT molecular complexity index is 799. The van der Waals surface area contributed by atoms with Gasteiger partial charge in [-0.25, -0.2) is 0 Å². The third kappa shape index (κ3) is 3.90. The summed E-state index contributed by atoms with van der Waals surface area (Å²) in [5, 5.41) is 4.03. The third-order valence-electron chi connectivity index (χ3n) is 3.58. The van der Waals surface area contributed by atoms with E-state index in [1.54, 1.807) is 18.0 Å². The number of carbonyl (C=O) groups excluding carboxylic acids is 1. The number of hydrogen-bond acceptors (Lipinski definition) is 3. The summed E-state index contributed by atoms with van der Waals surface area (Å²) in [5.41, 5.74) is 1.59. The molecule has 4 heteroatoms. The number of nitrogens with one attached hydrogen (secondary N) is 1. The maximum absolute atomic E-state index is 12.4. The number of nitrogens with zero attached hydrogens (tertiary/aromatic N) is 1. The lowest BCUT2D eigenvalue weighted by atomic mass is 10.1. The van der Waals surface area contributed by atoms with Gasteiger partial charge in [0.15, 0.2) is 0 Å². The molecule has 1 amide bonds. The molecule has 0 fully saturated rings. The summed E-state index contributed by atoms with van der Waals surface area (Å²) in [5.74, 6) is 0.680. The Morgan fingerprint density at radius 3 is 2.70 bits per heavy atom. The van der Waals surface area contributed by atoms with Gasteiger partial charge in [-0.1, -0.05) is 43.3 Å². The monoisotopic (exact) mass is 322 g/mol. The number of carbonyl (C=O) groups is 1. The van der Waals surface area contributed by atoms with Crippen LogP contribution < -0.4 is 5.32 Å². The second-order valence-electron chi connectivity index (χ2n) is 5.40. The lowest BCUT2D eigenvalue weighted by Gasteiger charge is -2.13. The SMILES string of the molecule is CC(CSc1ccccc1)C(=O)Nc1cccc2cccnc12. The smallest absolute Gasteiger partial charge is 0.228 e. The van der Waals surface area contributed by atoms with Gasteiger partial charge in [-0.3, -0.25) is 9.78 Å². The Balaban J connectivity index is 1.66. The number of rotatable bonds is 5. The minimum Gasteiger partial charge on any atom is -0.324 e. The molecule has 0 aliphatic rings. The molecular weight excluding hydrogens is 304 g/mol. The molecular formula is C19H18N2OS. The van der Waals surface area contributed by atoms with E-state index < -0.39 is 0 Å². The van der Waals surface area contributed by atoms with E-state index in [1.807, 2.05) is 55.5 Å². The minimum atomic E-state index is -0.0841. The fourth-order valence-corrected chi connectivity index (χ4v) is 3.22. The van der Waals surface area contributed by atoms with Gasteiger partial charge in [-0.05, 0) is 24.3 Å². The molecule has 1 heterocycles. The van der Waals surface area contributed by atoms with Gasteiger partial charge in [0.2, 0.25) is 5.91 Å². The highest BCUT2D eigenvalue weighted by atomic mass is 32.2. The van der Waals surface area contributed by atoms with Gasteiger partial charge < -0.3 is 5.32 Å². The van der Waals surface area contributed by atoms with Crippen molar-refractivity contribution >= 4 is 34.3 Å². The van der Waals surface area contributed by atoms with Crippen LogP contribution in [0, 0.1) is 5.92 Å². The standard InChI is InChI=1S/C19H18N2OS/c1-14(13-23-16-9-3-2-4-10-16)19(22)21-17-11-5-7-15-8-6-12-20-18(15)17/h2-12,14H,13H2,1H3,(H,21,22). The lowest BCUT2D eigenvalue weighted by Crippen LogP contribution is -2.22. The normalized spacial score (nSPS) is 12.0. The molecule has 0 saturated carbocycles. The van der Waals surface area contributed by atoms with E-state index in [9.17, 15) is 4.79 Å². The molecule has 0 saturated heterocycles. The van der Waals surface area contributed by atoms with Crippen LogP contribution in [0.2, 0.25) is 0 Å². The van der Waals surface area contributed by atoms with Crippen LogP contribution in [-0.2, 0) is 4.79 Å². The van der Waals surface area contributed by atoms with E-state index in [2.05, 4.69) is 22.4 Å². The number of anilines is 1. The summed E-state index contributed by atoms with van der Waals surface area (Å²) < 4.78 is 0. The Morgan fingerprint density at radius 1 is 1.09 bits per heavy atom. The van der Waals surface area contributed by atoms with E-state index in [4.69, 9.17) is 0 Å². The zero-order valence-corrected chi connectivity index (χ0v) is 13.7. The molecule has 23 heavy (non-hydrogen) atoms. The molecule has 3 nitrogen and oxygen atoms in total. The number of aromatic nitrogens is 1. The van der Waals surface area contributed by atoms with Gasteiger partial charge in [-0.2, -0.15) is 0 Å². The summed E-state index contributed by atoms with van der Waals surface area (Å²) >= 11 is 1.69. The first-order valence-electron chi connectivity index (χ1n) is 7.56. The van der Waals surface area contributed by atoms with Crippen molar-refractivity contribution in [3.8, 4) is 0 Å². The van der Waals surface area contributed by atoms with Crippen LogP contribution in [0.25, 0.3) is 10.9 Å². The average Bonchev–Trinajstić information content (AvgIpc) is 2.61. The van der Waals surface area contributed by atoms with Gasteiger partial charge in [-0.15, -0.1) is 11.8 Å². The zero-order chi connectivity index (χ0) is 16.1. The van der Waals surface area contributed by atoms with Gasteiger partial charge in [0, 0.05) is 28.1 Å². The predicted octanol–water partition coefficient (Wildman–Crippen LogP) is 4.60. The van der Waals surface area contributed by atoms with E-state index in [0.29, 0.717) is 0 Å². The van der Waals surface area contributed by atoms with Crippen molar-refractivity contribution in [1.82, 2.24) is 4.98 Å². The van der Waals surface area contributed by atoms with Crippen molar-refractivity contribution < 1.29 is 4.79 Å². The van der Waals surface area contributed by atoms with Crippen molar-refractivity contribution in [1.29, 1.82) is 0 Å². The van der Waals surface area contributed by atoms with Crippen molar-refractivity contribution in [3.05, 3.63) is 66.9 Å². The Morgan fingerprint density at radius 2 is 1.87 bits per heavy atom. The zero-order valence-electron chi connectivity index (χ0n) is 12.9. The van der Waals surface area contributed by atoms with Crippen molar-refractivity contribution in [2.75, 3.05) is 11.1 Å². The molecule has 1 unspecified atom stereocenters. The van der Waals surface area contributed by atoms with Crippen LogP contribution in [0.4, 0.5) is 5.69 Å². The fraction of sp³-hybridized carbons (Fsp3) is 0.158. The molecule has 1 aromatic heterocycles. The van der Waals surface area contributed by atoms with Crippen molar-refractivity contribution in [2.24, 2.45) is 5.92 Å². The van der Waals surface area contributed by atoms with Crippen LogP contribution in [0.15, 0.2) is 71.8 Å². The number of para-hydroxylation sites is 1. The summed E-state index contributed by atoms with van der Waals surface area (Å²) in [6.45, 7) is 1.95. The fourth-order valence-electron chi connectivity index (χ4n) is 2.27. The molecule has 0 spiro atoms. The third-order valence-corrected chi connectivity index (χ3v) is 4.85. The summed E-state index contributed by atoms with van der Waals surface area (Å²) in [6, 6.07) is 19.8.